The Bertz CT molecular complexity index is 1220. The molecule has 3 aromatic rings. The van der Waals surface area contributed by atoms with E-state index in [2.05, 4.69) is 15.6 Å². The summed E-state index contributed by atoms with van der Waals surface area (Å²) in [6, 6.07) is 16.5. The minimum absolute atomic E-state index is 0.0832. The van der Waals surface area contributed by atoms with E-state index in [0.717, 1.165) is 29.3 Å². The molecule has 1 saturated carbocycles. The Kier molecular flexibility index (Phi) is 6.43. The first kappa shape index (κ1) is 22.2. The van der Waals surface area contributed by atoms with Crippen LogP contribution in [0.2, 0.25) is 0 Å². The lowest BCUT2D eigenvalue weighted by atomic mass is 10.1. The Morgan fingerprint density at radius 3 is 2.41 bits per heavy atom. The number of para-hydroxylation sites is 1. The number of anilines is 1. The summed E-state index contributed by atoms with van der Waals surface area (Å²) >= 11 is 0. The van der Waals surface area contributed by atoms with Crippen molar-refractivity contribution in [3.8, 4) is 0 Å². The second-order valence-corrected chi connectivity index (χ2v) is 9.84. The molecule has 32 heavy (non-hydrogen) atoms. The summed E-state index contributed by atoms with van der Waals surface area (Å²) in [4.78, 5) is 17.7. The molecule has 0 radical (unpaired) electrons. The predicted octanol–water partition coefficient (Wildman–Crippen LogP) is 3.77. The summed E-state index contributed by atoms with van der Waals surface area (Å²) < 4.78 is 26.7. The van der Waals surface area contributed by atoms with E-state index in [4.69, 9.17) is 0 Å². The van der Waals surface area contributed by atoms with Gasteiger partial charge in [0.05, 0.1) is 16.0 Å². The number of fused-ring (bicyclic) bond motifs is 1. The van der Waals surface area contributed by atoms with Crippen molar-refractivity contribution in [3.63, 3.8) is 0 Å². The summed E-state index contributed by atoms with van der Waals surface area (Å²) in [6.45, 7) is 4.99. The molecule has 8 heteroatoms. The standard InChI is InChI=1S/C24H28N4O3S/c1-3-28(4-2)32(30,31)19-13-9-17(10-14-19)16-25-23-15-21(24(29)26-18-11-12-18)20-7-5-6-8-22(20)27-23/h5-10,13-15,18H,3-4,11-12,16H2,1-2H3,(H,25,27)(H,26,29). The number of pyridine rings is 1. The van der Waals surface area contributed by atoms with Crippen molar-refractivity contribution in [3.05, 3.63) is 65.7 Å². The summed E-state index contributed by atoms with van der Waals surface area (Å²) in [5, 5.41) is 7.14. The van der Waals surface area contributed by atoms with Crippen LogP contribution >= 0.6 is 0 Å². The van der Waals surface area contributed by atoms with Gasteiger partial charge in [-0.2, -0.15) is 4.31 Å². The first-order valence-corrected chi connectivity index (χ1v) is 12.4. The van der Waals surface area contributed by atoms with Gasteiger partial charge in [-0.25, -0.2) is 13.4 Å². The topological polar surface area (TPSA) is 91.4 Å². The number of hydrogen-bond acceptors (Lipinski definition) is 5. The highest BCUT2D eigenvalue weighted by Gasteiger charge is 2.25. The van der Waals surface area contributed by atoms with E-state index in [1.807, 2.05) is 38.1 Å². The van der Waals surface area contributed by atoms with Crippen molar-refractivity contribution in [2.45, 2.75) is 44.2 Å². The van der Waals surface area contributed by atoms with E-state index < -0.39 is 10.0 Å². The van der Waals surface area contributed by atoms with Gasteiger partial charge in [0.2, 0.25) is 10.0 Å². The zero-order chi connectivity index (χ0) is 22.7. The fraction of sp³-hybridized carbons (Fsp3) is 0.333. The molecular weight excluding hydrogens is 424 g/mol. The third-order valence-corrected chi connectivity index (χ3v) is 7.68. The third kappa shape index (κ3) is 4.76. The number of aromatic nitrogens is 1. The van der Waals surface area contributed by atoms with Crippen molar-refractivity contribution in [2.24, 2.45) is 0 Å². The Morgan fingerprint density at radius 1 is 1.06 bits per heavy atom. The van der Waals surface area contributed by atoms with Gasteiger partial charge in [-0.15, -0.1) is 0 Å². The molecule has 7 nitrogen and oxygen atoms in total. The molecule has 0 spiro atoms. The first-order chi connectivity index (χ1) is 15.4. The first-order valence-electron chi connectivity index (χ1n) is 11.0. The van der Waals surface area contributed by atoms with Crippen LogP contribution in [0.4, 0.5) is 5.82 Å². The van der Waals surface area contributed by atoms with Gasteiger partial charge in [0.25, 0.3) is 5.91 Å². The molecule has 0 saturated heterocycles. The molecule has 0 aliphatic heterocycles. The van der Waals surface area contributed by atoms with E-state index in [1.54, 1.807) is 30.3 Å². The van der Waals surface area contributed by atoms with E-state index in [9.17, 15) is 13.2 Å². The van der Waals surface area contributed by atoms with Crippen LogP contribution in [0.25, 0.3) is 10.9 Å². The van der Waals surface area contributed by atoms with Gasteiger partial charge in [-0.1, -0.05) is 44.2 Å². The van der Waals surface area contributed by atoms with Crippen LogP contribution in [-0.4, -0.2) is 42.7 Å². The number of nitrogens with zero attached hydrogens (tertiary/aromatic N) is 2. The number of amides is 1. The van der Waals surface area contributed by atoms with E-state index in [-0.39, 0.29) is 16.8 Å². The fourth-order valence-corrected chi connectivity index (χ4v) is 5.09. The lowest BCUT2D eigenvalue weighted by molar-refractivity contribution is 0.0952. The molecule has 1 aliphatic carbocycles. The molecule has 1 aliphatic rings. The average molecular weight is 453 g/mol. The summed E-state index contributed by atoms with van der Waals surface area (Å²) in [6.07, 6.45) is 2.06. The van der Waals surface area contributed by atoms with E-state index in [0.29, 0.717) is 31.0 Å². The van der Waals surface area contributed by atoms with Gasteiger partial charge >= 0.3 is 0 Å². The minimum Gasteiger partial charge on any atom is -0.366 e. The van der Waals surface area contributed by atoms with Gasteiger partial charge in [0, 0.05) is 31.1 Å². The Morgan fingerprint density at radius 2 is 1.75 bits per heavy atom. The van der Waals surface area contributed by atoms with E-state index >= 15 is 0 Å². The second-order valence-electron chi connectivity index (χ2n) is 7.91. The number of carbonyl (C=O) groups excluding carboxylic acids is 1. The maximum Gasteiger partial charge on any atom is 0.252 e. The molecule has 1 aromatic heterocycles. The molecule has 1 fully saturated rings. The number of rotatable bonds is 9. The van der Waals surface area contributed by atoms with Crippen LogP contribution < -0.4 is 10.6 Å². The molecule has 0 bridgehead atoms. The SMILES string of the molecule is CCN(CC)S(=O)(=O)c1ccc(CNc2cc(C(=O)NC3CC3)c3ccccc3n2)cc1. The second kappa shape index (κ2) is 9.26. The molecular formula is C24H28N4O3S. The van der Waals surface area contributed by atoms with Gasteiger partial charge in [-0.05, 0) is 42.7 Å². The van der Waals surface area contributed by atoms with Crippen molar-refractivity contribution in [1.82, 2.24) is 14.6 Å². The summed E-state index contributed by atoms with van der Waals surface area (Å²) in [5.41, 5.74) is 2.27. The highest BCUT2D eigenvalue weighted by Crippen LogP contribution is 2.24. The van der Waals surface area contributed by atoms with Crippen LogP contribution in [0.15, 0.2) is 59.5 Å². The number of nitrogens with one attached hydrogen (secondary N) is 2. The maximum absolute atomic E-state index is 12.7. The normalized spacial score (nSPS) is 14.0. The average Bonchev–Trinajstić information content (AvgIpc) is 3.62. The van der Waals surface area contributed by atoms with Gasteiger partial charge in [0.15, 0.2) is 0 Å². The Labute approximate surface area is 188 Å². The quantitative estimate of drug-likeness (QED) is 0.516. The van der Waals surface area contributed by atoms with Crippen LogP contribution in [0, 0.1) is 0 Å². The van der Waals surface area contributed by atoms with Crippen molar-refractivity contribution in [2.75, 3.05) is 18.4 Å². The fourth-order valence-electron chi connectivity index (χ4n) is 3.63. The van der Waals surface area contributed by atoms with Crippen LogP contribution in [-0.2, 0) is 16.6 Å². The zero-order valence-electron chi connectivity index (χ0n) is 18.3. The number of carbonyl (C=O) groups is 1. The molecule has 0 unspecified atom stereocenters. The van der Waals surface area contributed by atoms with Crippen LogP contribution in [0.3, 0.4) is 0 Å². The summed E-state index contributed by atoms with van der Waals surface area (Å²) in [5.74, 6) is 0.518. The Balaban J connectivity index is 1.52. The highest BCUT2D eigenvalue weighted by molar-refractivity contribution is 7.89. The zero-order valence-corrected chi connectivity index (χ0v) is 19.2. The molecule has 4 rings (SSSR count). The largest absolute Gasteiger partial charge is 0.366 e. The Hall–Kier alpha value is -2.97. The molecule has 2 aromatic carbocycles. The van der Waals surface area contributed by atoms with Gasteiger partial charge < -0.3 is 10.6 Å². The predicted molar refractivity (Wildman–Crippen MR) is 126 cm³/mol. The molecule has 168 valence electrons. The van der Waals surface area contributed by atoms with Crippen molar-refractivity contribution < 1.29 is 13.2 Å². The minimum atomic E-state index is -3.47. The molecule has 1 heterocycles. The molecule has 0 atom stereocenters. The smallest absolute Gasteiger partial charge is 0.252 e. The van der Waals surface area contributed by atoms with Gasteiger partial charge in [0.1, 0.15) is 5.82 Å². The summed E-state index contributed by atoms with van der Waals surface area (Å²) in [7, 11) is -3.47. The number of benzene rings is 2. The number of hydrogen-bond donors (Lipinski definition) is 2. The monoisotopic (exact) mass is 452 g/mol. The van der Waals surface area contributed by atoms with Crippen LogP contribution in [0.1, 0.15) is 42.6 Å². The van der Waals surface area contributed by atoms with Crippen molar-refractivity contribution in [1.29, 1.82) is 0 Å². The van der Waals surface area contributed by atoms with Gasteiger partial charge in [-0.3, -0.25) is 4.79 Å². The third-order valence-electron chi connectivity index (χ3n) is 5.61. The highest BCUT2D eigenvalue weighted by atomic mass is 32.2. The molecule has 1 amide bonds. The van der Waals surface area contributed by atoms with Crippen LogP contribution in [0.5, 0.6) is 0 Å². The number of sulfonamides is 1. The maximum atomic E-state index is 12.7. The van der Waals surface area contributed by atoms with Crippen molar-refractivity contribution >= 4 is 32.7 Å². The lowest BCUT2D eigenvalue weighted by Crippen LogP contribution is -2.30. The van der Waals surface area contributed by atoms with E-state index in [1.165, 1.54) is 4.31 Å². The molecule has 2 N–H and O–H groups in total. The lowest BCUT2D eigenvalue weighted by Gasteiger charge is -2.18.